The first-order chi connectivity index (χ1) is 13.5. The van der Waals surface area contributed by atoms with Crippen molar-refractivity contribution in [3.8, 4) is 5.75 Å². The van der Waals surface area contributed by atoms with Crippen LogP contribution in [0.15, 0.2) is 51.9 Å². The fraction of sp³-hybridized carbons (Fsp3) is 0.250. The van der Waals surface area contributed by atoms with Crippen LogP contribution in [-0.4, -0.2) is 61.0 Å². The van der Waals surface area contributed by atoms with Crippen LogP contribution in [0.1, 0.15) is 15.9 Å². The molecular weight excluding hydrogens is 428 g/mol. The van der Waals surface area contributed by atoms with E-state index in [1.54, 1.807) is 29.3 Å². The molecule has 0 saturated carbocycles. The molecule has 0 aromatic heterocycles. The van der Waals surface area contributed by atoms with Gasteiger partial charge in [0.2, 0.25) is 0 Å². The van der Waals surface area contributed by atoms with E-state index in [4.69, 9.17) is 14.6 Å². The van der Waals surface area contributed by atoms with Gasteiger partial charge in [0.1, 0.15) is 5.75 Å². The Morgan fingerprint density at radius 1 is 1.18 bits per heavy atom. The molecule has 1 amide bonds. The third kappa shape index (κ3) is 5.40. The van der Waals surface area contributed by atoms with Gasteiger partial charge >= 0.3 is 5.97 Å². The average Bonchev–Trinajstić information content (AvgIpc) is 2.72. The number of nitrogens with zero attached hydrogens (tertiary/aromatic N) is 2. The summed E-state index contributed by atoms with van der Waals surface area (Å²) in [6.07, 6.45) is 1.67. The van der Waals surface area contributed by atoms with E-state index in [0.29, 0.717) is 42.2 Å². The molecule has 0 unspecified atom stereocenters. The average molecular weight is 447 g/mol. The first kappa shape index (κ1) is 20.0. The van der Waals surface area contributed by atoms with E-state index in [0.717, 1.165) is 5.56 Å². The predicted molar refractivity (Wildman–Crippen MR) is 108 cm³/mol. The van der Waals surface area contributed by atoms with Crippen molar-refractivity contribution in [3.63, 3.8) is 0 Å². The Morgan fingerprint density at radius 3 is 2.54 bits per heavy atom. The number of carboxylic acids is 1. The second-order valence-electron chi connectivity index (χ2n) is 6.08. The zero-order valence-electron chi connectivity index (χ0n) is 15.0. The van der Waals surface area contributed by atoms with Crippen molar-refractivity contribution in [1.82, 2.24) is 4.90 Å². The molecule has 2 aromatic carbocycles. The number of amides is 1. The van der Waals surface area contributed by atoms with Gasteiger partial charge in [0.05, 0.1) is 28.9 Å². The summed E-state index contributed by atoms with van der Waals surface area (Å²) < 4.78 is 11.6. The lowest BCUT2D eigenvalue weighted by Gasteiger charge is -2.26. The third-order valence-corrected chi connectivity index (χ3v) is 4.77. The van der Waals surface area contributed by atoms with Gasteiger partial charge in [-0.1, -0.05) is 0 Å². The number of carbonyl (C=O) groups excluding carboxylic acids is 1. The van der Waals surface area contributed by atoms with Gasteiger partial charge in [0.15, 0.2) is 6.61 Å². The van der Waals surface area contributed by atoms with Gasteiger partial charge in [-0.3, -0.25) is 9.79 Å². The van der Waals surface area contributed by atoms with Crippen LogP contribution in [0.25, 0.3) is 0 Å². The predicted octanol–water partition coefficient (Wildman–Crippen LogP) is 3.14. The second kappa shape index (κ2) is 9.48. The highest BCUT2D eigenvalue weighted by molar-refractivity contribution is 9.10. The Balaban J connectivity index is 1.58. The first-order valence-corrected chi connectivity index (χ1v) is 9.47. The van der Waals surface area contributed by atoms with Crippen molar-refractivity contribution >= 4 is 39.7 Å². The summed E-state index contributed by atoms with van der Waals surface area (Å²) in [6, 6.07) is 11.7. The van der Waals surface area contributed by atoms with Crippen molar-refractivity contribution in [2.45, 2.75) is 0 Å². The lowest BCUT2D eigenvalue weighted by molar-refractivity contribution is -0.137. The maximum Gasteiger partial charge on any atom is 0.335 e. The van der Waals surface area contributed by atoms with Crippen LogP contribution in [-0.2, 0) is 9.53 Å². The first-order valence-electron chi connectivity index (χ1n) is 8.68. The van der Waals surface area contributed by atoms with Gasteiger partial charge in [-0.15, -0.1) is 0 Å². The Labute approximate surface area is 170 Å². The molecule has 0 spiro atoms. The molecule has 146 valence electrons. The minimum Gasteiger partial charge on any atom is -0.483 e. The fourth-order valence-electron chi connectivity index (χ4n) is 2.60. The van der Waals surface area contributed by atoms with Gasteiger partial charge in [0, 0.05) is 19.3 Å². The van der Waals surface area contributed by atoms with Crippen LogP contribution in [0.5, 0.6) is 5.75 Å². The monoisotopic (exact) mass is 446 g/mol. The Bertz CT molecular complexity index is 877. The quantitative estimate of drug-likeness (QED) is 0.688. The minimum atomic E-state index is -0.970. The van der Waals surface area contributed by atoms with Crippen LogP contribution in [0.3, 0.4) is 0 Å². The molecule has 1 saturated heterocycles. The standard InChI is InChI=1S/C20H19BrN2O5/c21-17-11-14(12-22-16-4-2-15(3-5-16)20(25)26)1-6-18(17)28-13-19(24)23-7-9-27-10-8-23/h1-6,11-12H,7-10,13H2,(H,25,26). The highest BCUT2D eigenvalue weighted by Gasteiger charge is 2.17. The smallest absolute Gasteiger partial charge is 0.335 e. The van der Waals surface area contributed by atoms with Crippen molar-refractivity contribution in [1.29, 1.82) is 0 Å². The van der Waals surface area contributed by atoms with E-state index >= 15 is 0 Å². The largest absolute Gasteiger partial charge is 0.483 e. The molecule has 1 N–H and O–H groups in total. The number of carbonyl (C=O) groups is 2. The number of carboxylic acid groups (broad SMARTS) is 1. The van der Waals surface area contributed by atoms with Crippen LogP contribution in [0, 0.1) is 0 Å². The number of ether oxygens (including phenoxy) is 2. The van der Waals surface area contributed by atoms with Crippen LogP contribution in [0.2, 0.25) is 0 Å². The summed E-state index contributed by atoms with van der Waals surface area (Å²) in [7, 11) is 0. The summed E-state index contributed by atoms with van der Waals surface area (Å²) in [5.74, 6) is -0.461. The number of morpholine rings is 1. The molecule has 1 fully saturated rings. The van der Waals surface area contributed by atoms with Crippen LogP contribution in [0.4, 0.5) is 5.69 Å². The number of hydrogen-bond acceptors (Lipinski definition) is 5. The van der Waals surface area contributed by atoms with Crippen molar-refractivity contribution in [2.75, 3.05) is 32.9 Å². The van der Waals surface area contributed by atoms with E-state index in [1.807, 2.05) is 12.1 Å². The molecule has 7 nitrogen and oxygen atoms in total. The number of rotatable bonds is 6. The molecule has 0 bridgehead atoms. The summed E-state index contributed by atoms with van der Waals surface area (Å²) in [5.41, 5.74) is 1.70. The Morgan fingerprint density at radius 2 is 1.89 bits per heavy atom. The summed E-state index contributed by atoms with van der Waals surface area (Å²) in [5, 5.41) is 8.91. The van der Waals surface area contributed by atoms with E-state index in [1.165, 1.54) is 12.1 Å². The summed E-state index contributed by atoms with van der Waals surface area (Å²) >= 11 is 3.45. The van der Waals surface area contributed by atoms with Crippen molar-refractivity contribution in [3.05, 3.63) is 58.1 Å². The topological polar surface area (TPSA) is 88.4 Å². The van der Waals surface area contributed by atoms with Crippen LogP contribution >= 0.6 is 15.9 Å². The number of aromatic carboxylic acids is 1. The molecule has 0 aliphatic carbocycles. The highest BCUT2D eigenvalue weighted by Crippen LogP contribution is 2.26. The second-order valence-corrected chi connectivity index (χ2v) is 6.94. The van der Waals surface area contributed by atoms with Gasteiger partial charge in [-0.25, -0.2) is 4.79 Å². The van der Waals surface area contributed by atoms with E-state index in [-0.39, 0.29) is 18.1 Å². The fourth-order valence-corrected chi connectivity index (χ4v) is 3.11. The lowest BCUT2D eigenvalue weighted by Crippen LogP contribution is -2.43. The Kier molecular flexibility index (Phi) is 6.78. The van der Waals surface area contributed by atoms with Crippen molar-refractivity contribution in [2.24, 2.45) is 4.99 Å². The maximum atomic E-state index is 12.1. The number of hydrogen-bond donors (Lipinski definition) is 1. The van der Waals surface area contributed by atoms with Gasteiger partial charge in [0.25, 0.3) is 5.91 Å². The molecular formula is C20H19BrN2O5. The molecule has 1 heterocycles. The molecule has 1 aliphatic rings. The minimum absolute atomic E-state index is 0.0258. The van der Waals surface area contributed by atoms with Gasteiger partial charge in [-0.2, -0.15) is 0 Å². The van der Waals surface area contributed by atoms with E-state index in [2.05, 4.69) is 20.9 Å². The summed E-state index contributed by atoms with van der Waals surface area (Å²) in [6.45, 7) is 2.27. The number of benzene rings is 2. The lowest BCUT2D eigenvalue weighted by atomic mass is 10.2. The zero-order valence-corrected chi connectivity index (χ0v) is 16.6. The molecule has 2 aromatic rings. The van der Waals surface area contributed by atoms with E-state index < -0.39 is 5.97 Å². The van der Waals surface area contributed by atoms with Gasteiger partial charge in [-0.05, 0) is 64.0 Å². The highest BCUT2D eigenvalue weighted by atomic mass is 79.9. The SMILES string of the molecule is O=C(O)c1ccc(N=Cc2ccc(OCC(=O)N3CCOCC3)c(Br)c2)cc1. The molecule has 1 aliphatic heterocycles. The molecule has 0 atom stereocenters. The number of halogens is 1. The zero-order chi connectivity index (χ0) is 19.9. The third-order valence-electron chi connectivity index (χ3n) is 4.15. The molecule has 28 heavy (non-hydrogen) atoms. The molecule has 0 radical (unpaired) electrons. The van der Waals surface area contributed by atoms with E-state index in [9.17, 15) is 9.59 Å². The molecule has 3 rings (SSSR count). The normalized spacial score (nSPS) is 14.2. The number of aliphatic imine (C=N–C) groups is 1. The van der Waals surface area contributed by atoms with Gasteiger partial charge < -0.3 is 19.5 Å². The summed E-state index contributed by atoms with van der Waals surface area (Å²) in [4.78, 5) is 29.1. The molecule has 8 heteroatoms. The Hall–Kier alpha value is -2.71. The van der Waals surface area contributed by atoms with Crippen molar-refractivity contribution < 1.29 is 24.2 Å². The van der Waals surface area contributed by atoms with Crippen LogP contribution < -0.4 is 4.74 Å². The maximum absolute atomic E-state index is 12.1.